The number of carbonyl (C=O) groups excluding carboxylic acids is 1. The van der Waals surface area contributed by atoms with Gasteiger partial charge in [0.1, 0.15) is 0 Å². The van der Waals surface area contributed by atoms with Crippen LogP contribution >= 0.6 is 0 Å². The maximum atomic E-state index is 13.5. The molecule has 5 heteroatoms. The number of nitrogens with zero attached hydrogens (tertiary/aromatic N) is 4. The quantitative estimate of drug-likeness (QED) is 0.773. The lowest BCUT2D eigenvalue weighted by Gasteiger charge is -2.39. The molecule has 1 atom stereocenters. The first kappa shape index (κ1) is 20.1. The Morgan fingerprint density at radius 3 is 2.52 bits per heavy atom. The monoisotopic (exact) mass is 394 g/mol. The van der Waals surface area contributed by atoms with Gasteiger partial charge < -0.3 is 4.90 Å². The summed E-state index contributed by atoms with van der Waals surface area (Å²) in [5.74, 6) is 0.902. The van der Waals surface area contributed by atoms with Crippen molar-refractivity contribution in [2.24, 2.45) is 12.5 Å². The van der Waals surface area contributed by atoms with Crippen LogP contribution in [0, 0.1) is 12.3 Å². The summed E-state index contributed by atoms with van der Waals surface area (Å²) in [6.07, 6.45) is 5.08. The standard InChI is InChI=1S/C24H34N4O/c1-18(2)21-8-6-20(7-9-21)15-28-12-5-10-24(23(28)29)11-13-27(17-24)16-22-14-25-26(4)19(22)3/h6-9,14,18H,5,10-13,15-17H2,1-4H3. The summed E-state index contributed by atoms with van der Waals surface area (Å²) < 4.78 is 1.93. The highest BCUT2D eigenvalue weighted by Crippen LogP contribution is 2.41. The first-order valence-corrected chi connectivity index (χ1v) is 11.0. The van der Waals surface area contributed by atoms with Gasteiger partial charge in [-0.05, 0) is 49.8 Å². The fourth-order valence-corrected chi connectivity index (χ4v) is 4.94. The summed E-state index contributed by atoms with van der Waals surface area (Å²) in [4.78, 5) is 18.0. The highest BCUT2D eigenvalue weighted by atomic mass is 16.2. The molecule has 2 saturated heterocycles. The van der Waals surface area contributed by atoms with Gasteiger partial charge in [-0.2, -0.15) is 5.10 Å². The smallest absolute Gasteiger partial charge is 0.230 e. The SMILES string of the molecule is Cc1c(CN2CCC3(CCCN(Cc4ccc(C(C)C)cc4)C3=O)C2)cnn1C. The van der Waals surface area contributed by atoms with E-state index in [2.05, 4.69) is 59.9 Å². The van der Waals surface area contributed by atoms with Crippen molar-refractivity contribution >= 4 is 5.91 Å². The van der Waals surface area contributed by atoms with Crippen molar-refractivity contribution in [3.8, 4) is 0 Å². The lowest BCUT2D eigenvalue weighted by atomic mass is 9.78. The van der Waals surface area contributed by atoms with E-state index in [1.54, 1.807) is 0 Å². The molecule has 3 heterocycles. The lowest BCUT2D eigenvalue weighted by Crippen LogP contribution is -2.49. The van der Waals surface area contributed by atoms with E-state index < -0.39 is 0 Å². The van der Waals surface area contributed by atoms with Gasteiger partial charge in [-0.3, -0.25) is 14.4 Å². The molecular formula is C24H34N4O. The second-order valence-electron chi connectivity index (χ2n) is 9.35. The number of likely N-dealkylation sites (tertiary alicyclic amines) is 2. The molecule has 1 amide bonds. The van der Waals surface area contributed by atoms with E-state index in [4.69, 9.17) is 0 Å². The summed E-state index contributed by atoms with van der Waals surface area (Å²) in [6.45, 7) is 10.9. The van der Waals surface area contributed by atoms with Crippen LogP contribution in [0.5, 0.6) is 0 Å². The van der Waals surface area contributed by atoms with Gasteiger partial charge in [0.15, 0.2) is 0 Å². The van der Waals surface area contributed by atoms with Gasteiger partial charge in [-0.25, -0.2) is 0 Å². The molecule has 5 nitrogen and oxygen atoms in total. The molecule has 0 radical (unpaired) electrons. The number of hydrogen-bond acceptors (Lipinski definition) is 3. The van der Waals surface area contributed by atoms with Gasteiger partial charge in [0.05, 0.1) is 11.6 Å². The van der Waals surface area contributed by atoms with Gasteiger partial charge >= 0.3 is 0 Å². The molecular weight excluding hydrogens is 360 g/mol. The van der Waals surface area contributed by atoms with Crippen LogP contribution in [0.2, 0.25) is 0 Å². The molecule has 0 bridgehead atoms. The van der Waals surface area contributed by atoms with Crippen LogP contribution in [0.15, 0.2) is 30.5 Å². The highest BCUT2D eigenvalue weighted by Gasteiger charge is 2.48. The first-order chi connectivity index (χ1) is 13.9. The molecule has 29 heavy (non-hydrogen) atoms. The summed E-state index contributed by atoms with van der Waals surface area (Å²) in [5, 5.41) is 4.37. The molecule has 0 aliphatic carbocycles. The van der Waals surface area contributed by atoms with Crippen molar-refractivity contribution in [3.63, 3.8) is 0 Å². The fraction of sp³-hybridized carbons (Fsp3) is 0.583. The third-order valence-electron chi connectivity index (χ3n) is 7.01. The molecule has 2 aliphatic rings. The Kier molecular flexibility index (Phi) is 5.52. The second-order valence-corrected chi connectivity index (χ2v) is 9.35. The van der Waals surface area contributed by atoms with E-state index in [0.717, 1.165) is 52.0 Å². The van der Waals surface area contributed by atoms with E-state index >= 15 is 0 Å². The largest absolute Gasteiger partial charge is 0.338 e. The summed E-state index contributed by atoms with van der Waals surface area (Å²) >= 11 is 0. The fourth-order valence-electron chi connectivity index (χ4n) is 4.94. The van der Waals surface area contributed by atoms with Gasteiger partial charge in [-0.15, -0.1) is 0 Å². The third kappa shape index (κ3) is 3.97. The highest BCUT2D eigenvalue weighted by molar-refractivity contribution is 5.84. The van der Waals surface area contributed by atoms with E-state index in [0.29, 0.717) is 11.8 Å². The molecule has 4 rings (SSSR count). The maximum Gasteiger partial charge on any atom is 0.230 e. The Labute approximate surface area is 174 Å². The molecule has 0 saturated carbocycles. The minimum atomic E-state index is -0.188. The molecule has 0 N–H and O–H groups in total. The van der Waals surface area contributed by atoms with Crippen molar-refractivity contribution < 1.29 is 4.79 Å². The molecule has 156 valence electrons. The number of hydrogen-bond donors (Lipinski definition) is 0. The predicted molar refractivity (Wildman–Crippen MR) is 115 cm³/mol. The molecule has 2 aliphatic heterocycles. The molecule has 2 fully saturated rings. The van der Waals surface area contributed by atoms with Gasteiger partial charge in [0, 0.05) is 44.5 Å². The van der Waals surface area contributed by atoms with Crippen LogP contribution < -0.4 is 0 Å². The van der Waals surface area contributed by atoms with Crippen molar-refractivity contribution in [1.29, 1.82) is 0 Å². The van der Waals surface area contributed by atoms with Crippen molar-refractivity contribution in [2.45, 2.75) is 59.0 Å². The number of rotatable bonds is 5. The normalized spacial score (nSPS) is 22.9. The molecule has 1 unspecified atom stereocenters. The van der Waals surface area contributed by atoms with Crippen LogP contribution in [0.1, 0.15) is 61.4 Å². The van der Waals surface area contributed by atoms with Crippen molar-refractivity contribution in [1.82, 2.24) is 19.6 Å². The van der Waals surface area contributed by atoms with Crippen LogP contribution in [0.4, 0.5) is 0 Å². The number of carbonyl (C=O) groups is 1. The van der Waals surface area contributed by atoms with Crippen LogP contribution in [0.25, 0.3) is 0 Å². The number of amides is 1. The summed E-state index contributed by atoms with van der Waals surface area (Å²) in [5.41, 5.74) is 4.89. The average molecular weight is 395 g/mol. The molecule has 1 spiro atoms. The van der Waals surface area contributed by atoms with Gasteiger partial charge in [0.25, 0.3) is 0 Å². The Bertz CT molecular complexity index is 870. The Morgan fingerprint density at radius 2 is 1.86 bits per heavy atom. The molecule has 2 aromatic rings. The molecule has 1 aromatic carbocycles. The van der Waals surface area contributed by atoms with Crippen molar-refractivity contribution in [2.75, 3.05) is 19.6 Å². The van der Waals surface area contributed by atoms with Gasteiger partial charge in [0.2, 0.25) is 5.91 Å². The van der Waals surface area contributed by atoms with Crippen molar-refractivity contribution in [3.05, 3.63) is 52.8 Å². The maximum absolute atomic E-state index is 13.5. The van der Waals surface area contributed by atoms with Gasteiger partial charge in [-0.1, -0.05) is 38.1 Å². The van der Waals surface area contributed by atoms with E-state index in [1.807, 2.05) is 17.9 Å². The second kappa shape index (κ2) is 7.94. The zero-order valence-electron chi connectivity index (χ0n) is 18.3. The van der Waals surface area contributed by atoms with Crippen LogP contribution in [-0.4, -0.2) is 45.1 Å². The Balaban J connectivity index is 1.42. The Hall–Kier alpha value is -2.14. The van der Waals surface area contributed by atoms with E-state index in [1.165, 1.54) is 22.4 Å². The zero-order chi connectivity index (χ0) is 20.6. The average Bonchev–Trinajstić information content (AvgIpc) is 3.25. The number of benzene rings is 1. The zero-order valence-corrected chi connectivity index (χ0v) is 18.3. The summed E-state index contributed by atoms with van der Waals surface area (Å²) in [6, 6.07) is 8.79. The number of aryl methyl sites for hydroxylation is 1. The van der Waals surface area contributed by atoms with Crippen LogP contribution in [0.3, 0.4) is 0 Å². The number of piperidine rings is 1. The number of aromatic nitrogens is 2. The Morgan fingerprint density at radius 1 is 1.10 bits per heavy atom. The minimum Gasteiger partial charge on any atom is -0.338 e. The molecule has 1 aromatic heterocycles. The van der Waals surface area contributed by atoms with E-state index in [-0.39, 0.29) is 5.41 Å². The summed E-state index contributed by atoms with van der Waals surface area (Å²) in [7, 11) is 1.99. The van der Waals surface area contributed by atoms with E-state index in [9.17, 15) is 4.79 Å². The first-order valence-electron chi connectivity index (χ1n) is 11.0. The van der Waals surface area contributed by atoms with Crippen LogP contribution in [-0.2, 0) is 24.9 Å². The third-order valence-corrected chi connectivity index (χ3v) is 7.01. The predicted octanol–water partition coefficient (Wildman–Crippen LogP) is 3.87. The minimum absolute atomic E-state index is 0.188. The lowest BCUT2D eigenvalue weighted by molar-refractivity contribution is -0.146. The topological polar surface area (TPSA) is 41.4 Å².